The number of carbonyl (C=O) groups is 1. The van der Waals surface area contributed by atoms with Crippen molar-refractivity contribution >= 4 is 44.4 Å². The highest BCUT2D eigenvalue weighted by Gasteiger charge is 2.44. The molecule has 3 atom stereocenters. The predicted octanol–water partition coefficient (Wildman–Crippen LogP) is 1.33. The van der Waals surface area contributed by atoms with Crippen LogP contribution in [0.15, 0.2) is 58.4 Å². The Morgan fingerprint density at radius 3 is 2.60 bits per heavy atom. The zero-order valence-electron chi connectivity index (χ0n) is 19.5. The van der Waals surface area contributed by atoms with E-state index < -0.39 is 10.0 Å². The lowest BCUT2D eigenvalue weighted by molar-refractivity contribution is -0.118. The number of amidine groups is 2. The molecule has 1 saturated heterocycles. The first-order valence-electron chi connectivity index (χ1n) is 11.2. The van der Waals surface area contributed by atoms with Crippen LogP contribution in [0.1, 0.15) is 18.1 Å². The minimum atomic E-state index is -3.72. The molecular formula is C23H29N7O3S2. The van der Waals surface area contributed by atoms with E-state index >= 15 is 0 Å². The number of sulfonamides is 1. The minimum Gasteiger partial charge on any atom is -0.355 e. The number of aliphatic imine (C=N–C) groups is 1. The number of rotatable bonds is 7. The van der Waals surface area contributed by atoms with E-state index in [9.17, 15) is 13.2 Å². The van der Waals surface area contributed by atoms with Gasteiger partial charge in [0.05, 0.1) is 22.3 Å². The average Bonchev–Trinajstić information content (AvgIpc) is 3.19. The summed E-state index contributed by atoms with van der Waals surface area (Å²) >= 11 is 1.30. The Kier molecular flexibility index (Phi) is 7.57. The van der Waals surface area contributed by atoms with Crippen molar-refractivity contribution in [2.24, 2.45) is 16.0 Å². The van der Waals surface area contributed by atoms with Gasteiger partial charge in [0.1, 0.15) is 12.0 Å². The van der Waals surface area contributed by atoms with Crippen molar-refractivity contribution in [3.8, 4) is 0 Å². The van der Waals surface area contributed by atoms with Crippen LogP contribution in [0.2, 0.25) is 0 Å². The second kappa shape index (κ2) is 10.5. The zero-order chi connectivity index (χ0) is 25.2. The molecule has 2 aliphatic rings. The molecule has 0 saturated carbocycles. The summed E-state index contributed by atoms with van der Waals surface area (Å²) in [7, 11) is -3.72. The highest BCUT2D eigenvalue weighted by Crippen LogP contribution is 2.33. The number of fused-ring (bicyclic) bond motifs is 1. The van der Waals surface area contributed by atoms with Crippen molar-refractivity contribution in [1.29, 1.82) is 5.41 Å². The van der Waals surface area contributed by atoms with Gasteiger partial charge in [-0.15, -0.1) is 0 Å². The Bertz CT molecular complexity index is 1250. The minimum absolute atomic E-state index is 0.0524. The summed E-state index contributed by atoms with van der Waals surface area (Å²) in [4.78, 5) is 19.3. The van der Waals surface area contributed by atoms with Crippen molar-refractivity contribution in [2.75, 3.05) is 17.2 Å². The molecule has 2 aromatic rings. The Morgan fingerprint density at radius 1 is 1.20 bits per heavy atom. The van der Waals surface area contributed by atoms with Crippen LogP contribution in [0.4, 0.5) is 5.69 Å². The number of hydrogen-bond donors (Lipinski definition) is 5. The first kappa shape index (κ1) is 25.3. The summed E-state index contributed by atoms with van der Waals surface area (Å²) in [5, 5.41) is 17.5. The number of amides is 1. The van der Waals surface area contributed by atoms with E-state index in [1.807, 2.05) is 43.0 Å². The summed E-state index contributed by atoms with van der Waals surface area (Å²) in [6.07, 6.45) is 0.295. The number of thioether (sulfide) groups is 1. The smallest absolute Gasteiger partial charge is 0.238 e. The molecule has 35 heavy (non-hydrogen) atoms. The van der Waals surface area contributed by atoms with Gasteiger partial charge in [0.2, 0.25) is 15.9 Å². The number of benzene rings is 2. The quantitative estimate of drug-likeness (QED) is 0.373. The van der Waals surface area contributed by atoms with Crippen molar-refractivity contribution < 1.29 is 13.2 Å². The second-order valence-corrected chi connectivity index (χ2v) is 11.0. The molecule has 12 heteroatoms. The fourth-order valence-electron chi connectivity index (χ4n) is 4.12. The molecule has 0 radical (unpaired) electrons. The SMILES string of the molecule is Cc1ccccc1N1C(=N)C2C(C)NNC2N=C1SCC(=O)NCCc1ccc(S(N)(=O)=O)cc1. The van der Waals surface area contributed by atoms with Crippen LogP contribution in [-0.2, 0) is 21.2 Å². The molecule has 3 unspecified atom stereocenters. The van der Waals surface area contributed by atoms with Crippen LogP contribution < -0.4 is 26.2 Å². The number of hydrogen-bond acceptors (Lipinski definition) is 8. The number of nitrogens with zero attached hydrogens (tertiary/aromatic N) is 2. The molecule has 0 bridgehead atoms. The van der Waals surface area contributed by atoms with Crippen LogP contribution in [0.5, 0.6) is 0 Å². The topological polar surface area (TPSA) is 153 Å². The summed E-state index contributed by atoms with van der Waals surface area (Å²) in [6, 6.07) is 14.2. The fraction of sp³-hybridized carbons (Fsp3) is 0.348. The molecule has 1 amide bonds. The second-order valence-electron chi connectivity index (χ2n) is 8.54. The summed E-state index contributed by atoms with van der Waals surface area (Å²) in [6.45, 7) is 4.42. The number of carbonyl (C=O) groups excluding carboxylic acids is 1. The highest BCUT2D eigenvalue weighted by atomic mass is 32.2. The Morgan fingerprint density at radius 2 is 1.91 bits per heavy atom. The Labute approximate surface area is 209 Å². The number of aryl methyl sites for hydroxylation is 1. The lowest BCUT2D eigenvalue weighted by atomic mass is 9.96. The third kappa shape index (κ3) is 5.73. The van der Waals surface area contributed by atoms with Gasteiger partial charge in [0, 0.05) is 12.6 Å². The van der Waals surface area contributed by atoms with E-state index in [2.05, 4.69) is 16.2 Å². The normalized spacial score (nSPS) is 22.0. The van der Waals surface area contributed by atoms with Crippen molar-refractivity contribution in [3.63, 3.8) is 0 Å². The van der Waals surface area contributed by atoms with Crippen LogP contribution in [-0.4, -0.2) is 49.8 Å². The van der Waals surface area contributed by atoms with Gasteiger partial charge in [0.25, 0.3) is 0 Å². The largest absolute Gasteiger partial charge is 0.355 e. The van der Waals surface area contributed by atoms with Gasteiger partial charge in [-0.1, -0.05) is 42.1 Å². The molecule has 1 fully saturated rings. The molecule has 2 heterocycles. The molecule has 6 N–H and O–H groups in total. The van der Waals surface area contributed by atoms with Gasteiger partial charge in [-0.2, -0.15) is 0 Å². The maximum Gasteiger partial charge on any atom is 0.238 e. The van der Waals surface area contributed by atoms with E-state index in [0.29, 0.717) is 24.0 Å². The third-order valence-corrected chi connectivity index (χ3v) is 7.89. The number of anilines is 1. The van der Waals surface area contributed by atoms with Gasteiger partial charge < -0.3 is 5.32 Å². The van der Waals surface area contributed by atoms with Crippen molar-refractivity contribution in [1.82, 2.24) is 16.2 Å². The Hall–Kier alpha value is -2.77. The van der Waals surface area contributed by atoms with Crippen molar-refractivity contribution in [3.05, 3.63) is 59.7 Å². The van der Waals surface area contributed by atoms with Crippen LogP contribution >= 0.6 is 11.8 Å². The summed E-state index contributed by atoms with van der Waals surface area (Å²) in [5.41, 5.74) is 9.10. The molecule has 2 aliphatic heterocycles. The van der Waals surface area contributed by atoms with E-state index in [1.165, 1.54) is 23.9 Å². The molecule has 2 aromatic carbocycles. The zero-order valence-corrected chi connectivity index (χ0v) is 21.1. The maximum absolute atomic E-state index is 12.5. The van der Waals surface area contributed by atoms with Crippen LogP contribution in [0.25, 0.3) is 0 Å². The first-order valence-corrected chi connectivity index (χ1v) is 13.7. The maximum atomic E-state index is 12.5. The lowest BCUT2D eigenvalue weighted by Crippen LogP contribution is -2.50. The molecule has 10 nitrogen and oxygen atoms in total. The van der Waals surface area contributed by atoms with Crippen LogP contribution in [0.3, 0.4) is 0 Å². The monoisotopic (exact) mass is 515 g/mol. The highest BCUT2D eigenvalue weighted by molar-refractivity contribution is 8.14. The van der Waals surface area contributed by atoms with Crippen LogP contribution in [0, 0.1) is 18.3 Å². The molecule has 0 aromatic heterocycles. The predicted molar refractivity (Wildman–Crippen MR) is 139 cm³/mol. The van der Waals surface area contributed by atoms with E-state index in [0.717, 1.165) is 16.8 Å². The number of hydrazine groups is 1. The van der Waals surface area contributed by atoms with E-state index in [1.54, 1.807) is 12.1 Å². The molecular weight excluding hydrogens is 486 g/mol. The lowest BCUT2D eigenvalue weighted by Gasteiger charge is -2.36. The number of nitrogens with two attached hydrogens (primary N) is 1. The average molecular weight is 516 g/mol. The first-order chi connectivity index (χ1) is 16.6. The van der Waals surface area contributed by atoms with Crippen molar-refractivity contribution in [2.45, 2.75) is 37.4 Å². The van der Waals surface area contributed by atoms with E-state index in [4.69, 9.17) is 15.5 Å². The number of nitrogens with one attached hydrogen (secondary N) is 4. The summed E-state index contributed by atoms with van der Waals surface area (Å²) in [5.74, 6) is 0.325. The third-order valence-electron chi connectivity index (χ3n) is 6.01. The van der Waals surface area contributed by atoms with E-state index in [-0.39, 0.29) is 34.7 Å². The van der Waals surface area contributed by atoms with Gasteiger partial charge in [-0.05, 0) is 49.6 Å². The van der Waals surface area contributed by atoms with Gasteiger partial charge in [-0.3, -0.25) is 20.5 Å². The van der Waals surface area contributed by atoms with Gasteiger partial charge in [-0.25, -0.2) is 24.0 Å². The Balaban J connectivity index is 1.38. The molecule has 0 spiro atoms. The standard InChI is InChI=1S/C23H29N7O3S2/c1-14-5-3-4-6-18(14)30-21(24)20-15(2)28-29-22(20)27-23(30)34-13-19(31)26-12-11-16-7-9-17(10-8-16)35(25,32)33/h3-10,15,20,22,24,28-29H,11-13H2,1-2H3,(H,26,31)(H2,25,32,33). The number of para-hydroxylation sites is 1. The van der Waals surface area contributed by atoms with Gasteiger partial charge in [0.15, 0.2) is 5.17 Å². The number of primary sulfonamides is 1. The summed E-state index contributed by atoms with van der Waals surface area (Å²) < 4.78 is 22.7. The molecule has 186 valence electrons. The molecule has 0 aliphatic carbocycles. The van der Waals surface area contributed by atoms with Gasteiger partial charge >= 0.3 is 0 Å². The fourth-order valence-corrected chi connectivity index (χ4v) is 5.51. The molecule has 4 rings (SSSR count).